The lowest BCUT2D eigenvalue weighted by atomic mass is 9.79. The highest BCUT2D eigenvalue weighted by atomic mass is 15.1. The first-order valence-electron chi connectivity index (χ1n) is 6.88. The van der Waals surface area contributed by atoms with Crippen molar-refractivity contribution >= 4 is 0 Å². The van der Waals surface area contributed by atoms with Gasteiger partial charge in [-0.1, -0.05) is 13.8 Å². The fraction of sp³-hybridized carbons (Fsp3) is 0.786. The Balaban J connectivity index is 1.71. The molecule has 1 fully saturated rings. The van der Waals surface area contributed by atoms with Crippen LogP contribution in [-0.4, -0.2) is 22.1 Å². The zero-order valence-electron chi connectivity index (χ0n) is 11.3. The Morgan fingerprint density at radius 1 is 1.35 bits per heavy atom. The van der Waals surface area contributed by atoms with Gasteiger partial charge in [-0.25, -0.2) is 4.98 Å². The van der Waals surface area contributed by atoms with Gasteiger partial charge in [0, 0.05) is 31.5 Å². The van der Waals surface area contributed by atoms with Gasteiger partial charge in [0.25, 0.3) is 0 Å². The number of nitrogens with zero attached hydrogens (tertiary/aromatic N) is 2. The van der Waals surface area contributed by atoms with E-state index in [1.54, 1.807) is 0 Å². The Kier molecular flexibility index (Phi) is 4.21. The molecule has 1 aliphatic carbocycles. The molecule has 2 rings (SSSR count). The van der Waals surface area contributed by atoms with Crippen LogP contribution in [0.5, 0.6) is 0 Å². The zero-order valence-corrected chi connectivity index (χ0v) is 11.3. The minimum absolute atomic E-state index is 0.727. The molecule has 3 nitrogen and oxygen atoms in total. The molecule has 1 aromatic rings. The topological polar surface area (TPSA) is 29.9 Å². The molecule has 0 spiro atoms. The van der Waals surface area contributed by atoms with E-state index >= 15 is 0 Å². The van der Waals surface area contributed by atoms with Gasteiger partial charge in [-0.05, 0) is 38.0 Å². The Hall–Kier alpha value is -0.830. The van der Waals surface area contributed by atoms with Crippen molar-refractivity contribution in [3.8, 4) is 0 Å². The highest BCUT2D eigenvalue weighted by Crippen LogP contribution is 2.29. The van der Waals surface area contributed by atoms with Gasteiger partial charge in [0.05, 0.1) is 0 Å². The summed E-state index contributed by atoms with van der Waals surface area (Å²) in [7, 11) is 0. The third kappa shape index (κ3) is 3.32. The number of hydrogen-bond donors (Lipinski definition) is 1. The molecule has 1 aromatic heterocycles. The lowest BCUT2D eigenvalue weighted by molar-refractivity contribution is 0.225. The molecule has 1 saturated carbocycles. The molecule has 0 saturated heterocycles. The van der Waals surface area contributed by atoms with Gasteiger partial charge in [-0.3, -0.25) is 0 Å². The minimum Gasteiger partial charge on any atom is -0.334 e. The quantitative estimate of drug-likeness (QED) is 0.869. The van der Waals surface area contributed by atoms with Crippen LogP contribution in [0.3, 0.4) is 0 Å². The average molecular weight is 235 g/mol. The van der Waals surface area contributed by atoms with Crippen LogP contribution in [0.15, 0.2) is 12.4 Å². The van der Waals surface area contributed by atoms with E-state index in [0.29, 0.717) is 0 Å². The van der Waals surface area contributed by atoms with E-state index in [2.05, 4.69) is 41.8 Å². The maximum atomic E-state index is 4.24. The van der Waals surface area contributed by atoms with Crippen molar-refractivity contribution in [1.29, 1.82) is 0 Å². The van der Waals surface area contributed by atoms with E-state index in [4.69, 9.17) is 0 Å². The number of aryl methyl sites for hydroxylation is 1. The maximum Gasteiger partial charge on any atom is 0.105 e. The fourth-order valence-electron chi connectivity index (χ4n) is 2.76. The Labute approximate surface area is 105 Å². The monoisotopic (exact) mass is 235 g/mol. The van der Waals surface area contributed by atoms with Crippen LogP contribution in [0.4, 0.5) is 0 Å². The summed E-state index contributed by atoms with van der Waals surface area (Å²) in [4.78, 5) is 4.24. The maximum absolute atomic E-state index is 4.24. The lowest BCUT2D eigenvalue weighted by Crippen LogP contribution is -2.37. The van der Waals surface area contributed by atoms with Crippen LogP contribution < -0.4 is 5.32 Å². The van der Waals surface area contributed by atoms with E-state index in [0.717, 1.165) is 36.8 Å². The summed E-state index contributed by atoms with van der Waals surface area (Å²) in [6.45, 7) is 8.92. The summed E-state index contributed by atoms with van der Waals surface area (Å²) >= 11 is 0. The van der Waals surface area contributed by atoms with Crippen molar-refractivity contribution in [2.75, 3.05) is 6.54 Å². The normalized spacial score (nSPS) is 29.5. The van der Waals surface area contributed by atoms with Crippen molar-refractivity contribution in [2.45, 2.75) is 52.6 Å². The molecule has 3 heteroatoms. The second-order valence-corrected chi connectivity index (χ2v) is 5.59. The zero-order chi connectivity index (χ0) is 12.3. The number of imidazole rings is 1. The van der Waals surface area contributed by atoms with E-state index in [-0.39, 0.29) is 0 Å². The summed E-state index contributed by atoms with van der Waals surface area (Å²) in [5, 5.41) is 3.69. The van der Waals surface area contributed by atoms with E-state index in [1.807, 2.05) is 6.20 Å². The van der Waals surface area contributed by atoms with Crippen LogP contribution >= 0.6 is 0 Å². The minimum atomic E-state index is 0.727. The molecule has 0 bridgehead atoms. The van der Waals surface area contributed by atoms with Crippen LogP contribution in [0.25, 0.3) is 0 Å². The standard InChI is InChI=1S/C14H25N3/c1-11-4-5-14(10-12(11)2)16-7-9-17-8-6-15-13(17)3/h6,8,11-12,14,16H,4-5,7,9-10H2,1-3H3. The highest BCUT2D eigenvalue weighted by Gasteiger charge is 2.23. The SMILES string of the molecule is Cc1nccn1CCNC1CCC(C)C(C)C1. The predicted molar refractivity (Wildman–Crippen MR) is 70.9 cm³/mol. The summed E-state index contributed by atoms with van der Waals surface area (Å²) < 4.78 is 2.21. The van der Waals surface area contributed by atoms with Crippen LogP contribution in [0, 0.1) is 18.8 Å². The van der Waals surface area contributed by atoms with Crippen molar-refractivity contribution in [2.24, 2.45) is 11.8 Å². The van der Waals surface area contributed by atoms with Gasteiger partial charge in [0.2, 0.25) is 0 Å². The molecule has 0 aromatic carbocycles. The molecule has 0 amide bonds. The van der Waals surface area contributed by atoms with Gasteiger partial charge in [-0.15, -0.1) is 0 Å². The largest absolute Gasteiger partial charge is 0.334 e. The molecule has 3 unspecified atom stereocenters. The fourth-order valence-corrected chi connectivity index (χ4v) is 2.76. The molecule has 96 valence electrons. The summed E-state index contributed by atoms with van der Waals surface area (Å²) in [5.74, 6) is 2.89. The number of hydrogen-bond acceptors (Lipinski definition) is 2. The Bertz CT molecular complexity index is 345. The first-order chi connectivity index (χ1) is 8.16. The number of aromatic nitrogens is 2. The molecule has 1 heterocycles. The highest BCUT2D eigenvalue weighted by molar-refractivity contribution is 4.88. The van der Waals surface area contributed by atoms with Crippen molar-refractivity contribution in [1.82, 2.24) is 14.9 Å². The average Bonchev–Trinajstić information content (AvgIpc) is 2.70. The third-order valence-corrected chi connectivity index (χ3v) is 4.31. The summed E-state index contributed by atoms with van der Waals surface area (Å²) in [6.07, 6.45) is 7.99. The second-order valence-electron chi connectivity index (χ2n) is 5.59. The summed E-state index contributed by atoms with van der Waals surface area (Å²) in [6, 6.07) is 0.727. The van der Waals surface area contributed by atoms with Crippen molar-refractivity contribution in [3.05, 3.63) is 18.2 Å². The van der Waals surface area contributed by atoms with Gasteiger partial charge < -0.3 is 9.88 Å². The Morgan fingerprint density at radius 3 is 2.82 bits per heavy atom. The molecular weight excluding hydrogens is 210 g/mol. The number of nitrogens with one attached hydrogen (secondary N) is 1. The van der Waals surface area contributed by atoms with Gasteiger partial charge in [-0.2, -0.15) is 0 Å². The van der Waals surface area contributed by atoms with Crippen LogP contribution in [-0.2, 0) is 6.54 Å². The molecule has 1 N–H and O–H groups in total. The van der Waals surface area contributed by atoms with Gasteiger partial charge in [0.1, 0.15) is 5.82 Å². The van der Waals surface area contributed by atoms with E-state index < -0.39 is 0 Å². The molecular formula is C14H25N3. The molecule has 17 heavy (non-hydrogen) atoms. The lowest BCUT2D eigenvalue weighted by Gasteiger charge is -2.32. The molecule has 1 aliphatic rings. The molecule has 3 atom stereocenters. The van der Waals surface area contributed by atoms with Crippen molar-refractivity contribution in [3.63, 3.8) is 0 Å². The van der Waals surface area contributed by atoms with Crippen molar-refractivity contribution < 1.29 is 0 Å². The number of rotatable bonds is 4. The van der Waals surface area contributed by atoms with E-state index in [9.17, 15) is 0 Å². The molecule has 0 aliphatic heterocycles. The Morgan fingerprint density at radius 2 is 2.18 bits per heavy atom. The van der Waals surface area contributed by atoms with E-state index in [1.165, 1.54) is 19.3 Å². The van der Waals surface area contributed by atoms with Crippen LogP contribution in [0.2, 0.25) is 0 Å². The van der Waals surface area contributed by atoms with Crippen LogP contribution in [0.1, 0.15) is 38.9 Å². The predicted octanol–water partition coefficient (Wildman–Crippen LogP) is 2.61. The van der Waals surface area contributed by atoms with Gasteiger partial charge in [0.15, 0.2) is 0 Å². The molecule has 0 radical (unpaired) electrons. The summed E-state index contributed by atoms with van der Waals surface area (Å²) in [5.41, 5.74) is 0. The first-order valence-corrected chi connectivity index (χ1v) is 6.88. The smallest absolute Gasteiger partial charge is 0.105 e. The first kappa shape index (κ1) is 12.6. The third-order valence-electron chi connectivity index (χ3n) is 4.31. The van der Waals surface area contributed by atoms with Gasteiger partial charge >= 0.3 is 0 Å². The second kappa shape index (κ2) is 5.67.